The highest BCUT2D eigenvalue weighted by Crippen LogP contribution is 2.22. The Morgan fingerprint density at radius 3 is 2.81 bits per heavy atom. The molecule has 1 heterocycles. The van der Waals surface area contributed by atoms with Crippen molar-refractivity contribution in [3.8, 4) is 0 Å². The van der Waals surface area contributed by atoms with Crippen molar-refractivity contribution in [3.05, 3.63) is 36.0 Å². The molecule has 0 saturated heterocycles. The molecule has 0 unspecified atom stereocenters. The van der Waals surface area contributed by atoms with E-state index in [0.29, 0.717) is 24.5 Å². The molecule has 3 N–H and O–H groups in total. The molecular weight excluding hydrogens is 266 g/mol. The van der Waals surface area contributed by atoms with Gasteiger partial charge in [0.05, 0.1) is 12.2 Å². The Morgan fingerprint density at radius 1 is 1.29 bits per heavy atom. The molecule has 1 aromatic carbocycles. The summed E-state index contributed by atoms with van der Waals surface area (Å²) in [5.41, 5.74) is 6.37. The number of benzene rings is 1. The normalized spacial score (nSPS) is 10.7. The number of fused-ring (bicyclic) bond motifs is 1. The number of rotatable bonds is 7. The Kier molecular flexibility index (Phi) is 5.51. The number of carbonyl (C=O) groups is 1. The minimum Gasteiger partial charge on any atom is -0.383 e. The molecule has 0 radical (unpaired) electrons. The van der Waals surface area contributed by atoms with Gasteiger partial charge in [-0.25, -0.2) is 4.98 Å². The number of aromatic nitrogens is 1. The molecule has 0 bridgehead atoms. The summed E-state index contributed by atoms with van der Waals surface area (Å²) in [7, 11) is 0. The quantitative estimate of drug-likeness (QED) is 0.766. The zero-order chi connectivity index (χ0) is 15.1. The van der Waals surface area contributed by atoms with Crippen LogP contribution in [0.5, 0.6) is 0 Å². The lowest BCUT2D eigenvalue weighted by molar-refractivity contribution is 0.0914. The first-order chi connectivity index (χ1) is 10.2. The Balaban J connectivity index is 1.98. The van der Waals surface area contributed by atoms with Crippen LogP contribution in [0.1, 0.15) is 30.1 Å². The molecule has 5 nitrogen and oxygen atoms in total. The highest BCUT2D eigenvalue weighted by atomic mass is 16.5. The van der Waals surface area contributed by atoms with Crippen LogP contribution in [-0.4, -0.2) is 30.6 Å². The highest BCUT2D eigenvalue weighted by molar-refractivity contribution is 6.08. The number of hydrogen-bond acceptors (Lipinski definition) is 4. The van der Waals surface area contributed by atoms with Gasteiger partial charge in [-0.15, -0.1) is 0 Å². The van der Waals surface area contributed by atoms with E-state index in [1.54, 1.807) is 0 Å². The maximum Gasteiger partial charge on any atom is 0.253 e. The number of ether oxygens (including phenoxy) is 1. The first-order valence-electron chi connectivity index (χ1n) is 7.23. The maximum absolute atomic E-state index is 12.2. The summed E-state index contributed by atoms with van der Waals surface area (Å²) >= 11 is 0. The number of nitrogens with one attached hydrogen (secondary N) is 1. The van der Waals surface area contributed by atoms with E-state index in [1.165, 1.54) is 6.20 Å². The average Bonchev–Trinajstić information content (AvgIpc) is 2.51. The molecule has 5 heteroatoms. The van der Waals surface area contributed by atoms with Crippen LogP contribution in [0.3, 0.4) is 0 Å². The van der Waals surface area contributed by atoms with Crippen LogP contribution in [-0.2, 0) is 4.74 Å². The molecule has 0 atom stereocenters. The first kappa shape index (κ1) is 15.3. The number of pyridine rings is 1. The average molecular weight is 287 g/mol. The van der Waals surface area contributed by atoms with Crippen LogP contribution in [0, 0.1) is 0 Å². The van der Waals surface area contributed by atoms with Gasteiger partial charge in [0.15, 0.2) is 0 Å². The van der Waals surface area contributed by atoms with Crippen molar-refractivity contribution in [1.29, 1.82) is 0 Å². The second-order valence-corrected chi connectivity index (χ2v) is 4.82. The summed E-state index contributed by atoms with van der Waals surface area (Å²) in [5.74, 6) is 0.280. The van der Waals surface area contributed by atoms with E-state index in [4.69, 9.17) is 10.5 Å². The third kappa shape index (κ3) is 3.92. The van der Waals surface area contributed by atoms with Crippen LogP contribution in [0.25, 0.3) is 10.8 Å². The molecule has 1 aromatic heterocycles. The predicted molar refractivity (Wildman–Crippen MR) is 84.2 cm³/mol. The lowest BCUT2D eigenvalue weighted by atomic mass is 10.1. The Bertz CT molecular complexity index is 613. The summed E-state index contributed by atoms with van der Waals surface area (Å²) in [6.07, 6.45) is 3.67. The molecule has 21 heavy (non-hydrogen) atoms. The third-order valence-corrected chi connectivity index (χ3v) is 3.24. The van der Waals surface area contributed by atoms with Crippen LogP contribution in [0.15, 0.2) is 30.5 Å². The molecule has 0 fully saturated rings. The first-order valence-corrected chi connectivity index (χ1v) is 7.23. The molecular formula is C16H21N3O2. The van der Waals surface area contributed by atoms with E-state index in [1.807, 2.05) is 24.3 Å². The van der Waals surface area contributed by atoms with Gasteiger partial charge < -0.3 is 15.8 Å². The van der Waals surface area contributed by atoms with Crippen LogP contribution in [0.4, 0.5) is 5.82 Å². The Morgan fingerprint density at radius 2 is 2.05 bits per heavy atom. The molecule has 112 valence electrons. The van der Waals surface area contributed by atoms with Gasteiger partial charge in [0.25, 0.3) is 5.91 Å². The summed E-state index contributed by atoms with van der Waals surface area (Å²) in [6.45, 7) is 3.86. The van der Waals surface area contributed by atoms with Gasteiger partial charge in [-0.2, -0.15) is 0 Å². The molecule has 0 aliphatic heterocycles. The van der Waals surface area contributed by atoms with Gasteiger partial charge >= 0.3 is 0 Å². The molecule has 0 aliphatic carbocycles. The van der Waals surface area contributed by atoms with E-state index >= 15 is 0 Å². The predicted octanol–water partition coefficient (Wildman–Crippen LogP) is 2.36. The number of hydrogen-bond donors (Lipinski definition) is 2. The number of nitrogens with zero attached hydrogens (tertiary/aromatic N) is 1. The highest BCUT2D eigenvalue weighted by Gasteiger charge is 2.11. The van der Waals surface area contributed by atoms with Crippen LogP contribution >= 0.6 is 0 Å². The topological polar surface area (TPSA) is 77.2 Å². The zero-order valence-electron chi connectivity index (χ0n) is 12.3. The minimum atomic E-state index is -0.155. The van der Waals surface area contributed by atoms with E-state index in [-0.39, 0.29) is 5.91 Å². The van der Waals surface area contributed by atoms with Crippen LogP contribution in [0.2, 0.25) is 0 Å². The smallest absolute Gasteiger partial charge is 0.253 e. The van der Waals surface area contributed by atoms with Crippen molar-refractivity contribution in [1.82, 2.24) is 10.3 Å². The van der Waals surface area contributed by atoms with E-state index < -0.39 is 0 Å². The standard InChI is InChI=1S/C16H21N3O2/c1-2-3-9-21-10-8-18-16(20)14-11-19-15(17)13-7-5-4-6-12(13)14/h4-7,11H,2-3,8-10H2,1H3,(H2,17,19)(H,18,20). The minimum absolute atomic E-state index is 0.155. The van der Waals surface area contributed by atoms with E-state index in [2.05, 4.69) is 17.2 Å². The maximum atomic E-state index is 12.2. The molecule has 1 amide bonds. The molecule has 0 aliphatic rings. The number of anilines is 1. The second kappa shape index (κ2) is 7.59. The summed E-state index contributed by atoms with van der Waals surface area (Å²) in [4.78, 5) is 16.3. The number of amides is 1. The van der Waals surface area contributed by atoms with Gasteiger partial charge in [-0.1, -0.05) is 37.6 Å². The largest absolute Gasteiger partial charge is 0.383 e. The summed E-state index contributed by atoms with van der Waals surface area (Å²) < 4.78 is 5.42. The van der Waals surface area contributed by atoms with Gasteiger partial charge in [-0.05, 0) is 11.8 Å². The van der Waals surface area contributed by atoms with Crippen LogP contribution < -0.4 is 11.1 Å². The Hall–Kier alpha value is -2.14. The van der Waals surface area contributed by atoms with Crippen molar-refractivity contribution in [2.45, 2.75) is 19.8 Å². The van der Waals surface area contributed by atoms with Crippen molar-refractivity contribution in [2.24, 2.45) is 0 Å². The zero-order valence-corrected chi connectivity index (χ0v) is 12.3. The fourth-order valence-corrected chi connectivity index (χ4v) is 2.08. The van der Waals surface area contributed by atoms with E-state index in [0.717, 1.165) is 30.2 Å². The lowest BCUT2D eigenvalue weighted by Gasteiger charge is -2.09. The van der Waals surface area contributed by atoms with Crippen molar-refractivity contribution in [2.75, 3.05) is 25.5 Å². The molecule has 2 rings (SSSR count). The molecule has 0 saturated carbocycles. The van der Waals surface area contributed by atoms with Gasteiger partial charge in [-0.3, -0.25) is 4.79 Å². The number of carbonyl (C=O) groups excluding carboxylic acids is 1. The molecule has 2 aromatic rings. The molecule has 0 spiro atoms. The number of nitrogen functional groups attached to an aromatic ring is 1. The van der Waals surface area contributed by atoms with Gasteiger partial charge in [0.1, 0.15) is 5.82 Å². The van der Waals surface area contributed by atoms with Gasteiger partial charge in [0.2, 0.25) is 0 Å². The Labute approximate surface area is 124 Å². The van der Waals surface area contributed by atoms with E-state index in [9.17, 15) is 4.79 Å². The van der Waals surface area contributed by atoms with Crippen molar-refractivity contribution < 1.29 is 9.53 Å². The second-order valence-electron chi connectivity index (χ2n) is 4.82. The van der Waals surface area contributed by atoms with Gasteiger partial charge in [0, 0.05) is 24.7 Å². The van der Waals surface area contributed by atoms with Crippen molar-refractivity contribution in [3.63, 3.8) is 0 Å². The number of unbranched alkanes of at least 4 members (excludes halogenated alkanes) is 1. The monoisotopic (exact) mass is 287 g/mol. The SMILES string of the molecule is CCCCOCCNC(=O)c1cnc(N)c2ccccc12. The fraction of sp³-hybridized carbons (Fsp3) is 0.375. The lowest BCUT2D eigenvalue weighted by Crippen LogP contribution is -2.27. The summed E-state index contributed by atoms with van der Waals surface area (Å²) in [5, 5.41) is 4.45. The third-order valence-electron chi connectivity index (χ3n) is 3.24. The van der Waals surface area contributed by atoms with Crippen molar-refractivity contribution >= 4 is 22.5 Å². The summed E-state index contributed by atoms with van der Waals surface area (Å²) in [6, 6.07) is 7.50. The fourth-order valence-electron chi connectivity index (χ4n) is 2.08. The number of nitrogens with two attached hydrogens (primary N) is 1.